The van der Waals surface area contributed by atoms with Crippen molar-refractivity contribution in [1.29, 1.82) is 0 Å². The first kappa shape index (κ1) is 12.3. The van der Waals surface area contributed by atoms with E-state index in [0.717, 1.165) is 0 Å². The van der Waals surface area contributed by atoms with Crippen molar-refractivity contribution in [1.82, 2.24) is 15.4 Å². The minimum Gasteiger partial charge on any atom is -0.308 e. The van der Waals surface area contributed by atoms with Crippen molar-refractivity contribution in [3.8, 4) is 0 Å². The van der Waals surface area contributed by atoms with Gasteiger partial charge in [0.15, 0.2) is 5.82 Å². The molecule has 3 N–H and O–H groups in total. The van der Waals surface area contributed by atoms with Gasteiger partial charge in [0, 0.05) is 5.69 Å². The number of nitrogens with one attached hydrogen (secondary N) is 3. The number of urea groups is 1. The summed E-state index contributed by atoms with van der Waals surface area (Å²) in [6, 6.07) is 2.28. The second-order valence-corrected chi connectivity index (χ2v) is 3.93. The van der Waals surface area contributed by atoms with E-state index in [4.69, 9.17) is 11.6 Å². The molecular weight excluding hydrogens is 261 g/mol. The highest BCUT2D eigenvalue weighted by Gasteiger charge is 2.09. The van der Waals surface area contributed by atoms with Crippen LogP contribution >= 0.6 is 11.6 Å². The number of anilines is 2. The van der Waals surface area contributed by atoms with Gasteiger partial charge in [0.2, 0.25) is 0 Å². The number of carbonyl (C=O) groups is 1. The van der Waals surface area contributed by atoms with Crippen molar-refractivity contribution in [3.05, 3.63) is 34.7 Å². The molecule has 0 atom stereocenters. The molecule has 2 aromatic rings. The van der Waals surface area contributed by atoms with Crippen molar-refractivity contribution >= 4 is 29.1 Å². The van der Waals surface area contributed by atoms with Gasteiger partial charge in [-0.2, -0.15) is 10.3 Å². The molecule has 1 heterocycles. The first-order valence-electron chi connectivity index (χ1n) is 4.95. The second kappa shape index (κ2) is 5.01. The van der Waals surface area contributed by atoms with Crippen LogP contribution in [0, 0.1) is 12.7 Å². The average molecular weight is 270 g/mol. The van der Waals surface area contributed by atoms with Crippen LogP contribution in [0.5, 0.6) is 0 Å². The van der Waals surface area contributed by atoms with Gasteiger partial charge in [0.25, 0.3) is 0 Å². The lowest BCUT2D eigenvalue weighted by atomic mass is 10.2. The summed E-state index contributed by atoms with van der Waals surface area (Å²) in [4.78, 5) is 11.5. The summed E-state index contributed by atoms with van der Waals surface area (Å²) >= 11 is 5.67. The minimum absolute atomic E-state index is 0.0493. The Kier molecular flexibility index (Phi) is 3.42. The number of aromatic amines is 1. The van der Waals surface area contributed by atoms with Gasteiger partial charge >= 0.3 is 6.03 Å². The van der Waals surface area contributed by atoms with E-state index in [1.165, 1.54) is 18.3 Å². The zero-order valence-corrected chi connectivity index (χ0v) is 10.0. The van der Waals surface area contributed by atoms with E-state index in [9.17, 15) is 9.18 Å². The highest BCUT2D eigenvalue weighted by Crippen LogP contribution is 2.23. The molecular formula is C10H9ClFN5O. The van der Waals surface area contributed by atoms with Crippen LogP contribution in [0.3, 0.4) is 0 Å². The molecule has 2 rings (SSSR count). The monoisotopic (exact) mass is 269 g/mol. The fourth-order valence-corrected chi connectivity index (χ4v) is 1.61. The molecule has 0 aliphatic carbocycles. The Labute approximate surface area is 107 Å². The highest BCUT2D eigenvalue weighted by molar-refractivity contribution is 6.31. The maximum Gasteiger partial charge on any atom is 0.324 e. The Morgan fingerprint density at radius 2 is 2.22 bits per heavy atom. The number of aromatic nitrogens is 3. The molecule has 8 heteroatoms. The third kappa shape index (κ3) is 2.75. The zero-order chi connectivity index (χ0) is 13.1. The van der Waals surface area contributed by atoms with E-state index in [-0.39, 0.29) is 10.8 Å². The van der Waals surface area contributed by atoms with Crippen molar-refractivity contribution in [2.75, 3.05) is 10.6 Å². The van der Waals surface area contributed by atoms with Crippen LogP contribution in [0.15, 0.2) is 18.3 Å². The molecule has 0 unspecified atom stereocenters. The SMILES string of the molecule is Cc1cc(NC(=O)Nc2cn[nH]n2)cc(Cl)c1F. The molecule has 0 aliphatic rings. The number of nitrogens with zero attached hydrogens (tertiary/aromatic N) is 2. The Morgan fingerprint density at radius 1 is 1.44 bits per heavy atom. The number of rotatable bonds is 2. The molecule has 0 saturated heterocycles. The summed E-state index contributed by atoms with van der Waals surface area (Å²) in [5, 5.41) is 14.4. The Bertz CT molecular complexity index is 549. The van der Waals surface area contributed by atoms with Crippen molar-refractivity contribution in [2.24, 2.45) is 0 Å². The fraction of sp³-hybridized carbons (Fsp3) is 0.100. The number of hydrogen-bond acceptors (Lipinski definition) is 3. The first-order valence-corrected chi connectivity index (χ1v) is 5.33. The predicted molar refractivity (Wildman–Crippen MR) is 65.2 cm³/mol. The van der Waals surface area contributed by atoms with E-state index >= 15 is 0 Å². The van der Waals surface area contributed by atoms with Crippen LogP contribution < -0.4 is 10.6 Å². The van der Waals surface area contributed by atoms with Gasteiger partial charge in [0.05, 0.1) is 11.2 Å². The second-order valence-electron chi connectivity index (χ2n) is 3.52. The number of carbonyl (C=O) groups excluding carboxylic acids is 1. The van der Waals surface area contributed by atoms with E-state index in [1.807, 2.05) is 0 Å². The summed E-state index contributed by atoms with van der Waals surface area (Å²) in [6.07, 6.45) is 1.35. The number of amides is 2. The Balaban J connectivity index is 2.07. The summed E-state index contributed by atoms with van der Waals surface area (Å²) in [5.74, 6) is -0.225. The molecule has 0 bridgehead atoms. The summed E-state index contributed by atoms with van der Waals surface area (Å²) < 4.78 is 13.3. The minimum atomic E-state index is -0.522. The number of aryl methyl sites for hydroxylation is 1. The number of hydrogen-bond donors (Lipinski definition) is 3. The van der Waals surface area contributed by atoms with Gasteiger partial charge in [-0.3, -0.25) is 5.32 Å². The fourth-order valence-electron chi connectivity index (χ4n) is 1.34. The molecule has 0 aliphatic heterocycles. The highest BCUT2D eigenvalue weighted by atomic mass is 35.5. The molecule has 2 amide bonds. The molecule has 94 valence electrons. The first-order chi connectivity index (χ1) is 8.56. The molecule has 6 nitrogen and oxygen atoms in total. The van der Waals surface area contributed by atoms with Gasteiger partial charge in [0.1, 0.15) is 5.82 Å². The van der Waals surface area contributed by atoms with Gasteiger partial charge in [-0.25, -0.2) is 9.18 Å². The van der Waals surface area contributed by atoms with Crippen molar-refractivity contribution < 1.29 is 9.18 Å². The van der Waals surface area contributed by atoms with Crippen molar-refractivity contribution in [3.63, 3.8) is 0 Å². The Hall–Kier alpha value is -2.15. The van der Waals surface area contributed by atoms with Crippen LogP contribution in [0.4, 0.5) is 20.7 Å². The van der Waals surface area contributed by atoms with Crippen LogP contribution in [-0.4, -0.2) is 21.4 Å². The van der Waals surface area contributed by atoms with Gasteiger partial charge in [-0.1, -0.05) is 11.6 Å². The molecule has 0 saturated carbocycles. The molecule has 0 spiro atoms. The van der Waals surface area contributed by atoms with Crippen LogP contribution in [0.25, 0.3) is 0 Å². The molecule has 0 fully saturated rings. The third-order valence-electron chi connectivity index (χ3n) is 2.12. The molecule has 18 heavy (non-hydrogen) atoms. The summed E-state index contributed by atoms with van der Waals surface area (Å²) in [5.41, 5.74) is 0.735. The lowest BCUT2D eigenvalue weighted by Gasteiger charge is -2.07. The maximum atomic E-state index is 13.3. The quantitative estimate of drug-likeness (QED) is 0.783. The molecule has 1 aromatic heterocycles. The van der Waals surface area contributed by atoms with E-state index < -0.39 is 11.8 Å². The predicted octanol–water partition coefficient (Wildman–Crippen LogP) is 2.55. The topological polar surface area (TPSA) is 82.7 Å². The van der Waals surface area contributed by atoms with E-state index in [2.05, 4.69) is 26.0 Å². The lowest BCUT2D eigenvalue weighted by Crippen LogP contribution is -2.19. The van der Waals surface area contributed by atoms with Gasteiger partial charge in [-0.15, -0.1) is 5.10 Å². The summed E-state index contributed by atoms with van der Waals surface area (Å²) in [6.45, 7) is 1.56. The Morgan fingerprint density at radius 3 is 2.83 bits per heavy atom. The van der Waals surface area contributed by atoms with Crippen LogP contribution in [0.2, 0.25) is 5.02 Å². The lowest BCUT2D eigenvalue weighted by molar-refractivity contribution is 0.262. The average Bonchev–Trinajstić information content (AvgIpc) is 2.78. The van der Waals surface area contributed by atoms with Crippen LogP contribution in [0.1, 0.15) is 5.56 Å². The van der Waals surface area contributed by atoms with Crippen LogP contribution in [-0.2, 0) is 0 Å². The maximum absolute atomic E-state index is 13.3. The molecule has 0 radical (unpaired) electrons. The normalized spacial score (nSPS) is 10.2. The van der Waals surface area contributed by atoms with E-state index in [1.54, 1.807) is 6.92 Å². The van der Waals surface area contributed by atoms with E-state index in [0.29, 0.717) is 11.3 Å². The number of halogens is 2. The molecule has 1 aromatic carbocycles. The zero-order valence-electron chi connectivity index (χ0n) is 9.29. The largest absolute Gasteiger partial charge is 0.324 e. The van der Waals surface area contributed by atoms with Gasteiger partial charge < -0.3 is 5.32 Å². The van der Waals surface area contributed by atoms with Gasteiger partial charge in [-0.05, 0) is 24.6 Å². The number of H-pyrrole nitrogens is 1. The number of benzene rings is 1. The smallest absolute Gasteiger partial charge is 0.308 e. The third-order valence-corrected chi connectivity index (χ3v) is 2.40. The standard InChI is InChI=1S/C10H9ClFN5O/c1-5-2-6(3-7(11)9(5)12)14-10(18)15-8-4-13-17-16-8/h2-4H,1H3,(H3,13,14,15,16,17,18). The summed E-state index contributed by atoms with van der Waals surface area (Å²) in [7, 11) is 0. The van der Waals surface area contributed by atoms with Crippen molar-refractivity contribution in [2.45, 2.75) is 6.92 Å².